The molecule has 0 spiro atoms. The van der Waals surface area contributed by atoms with Crippen LogP contribution in [0.1, 0.15) is 37.9 Å². The van der Waals surface area contributed by atoms with Crippen LogP contribution in [-0.2, 0) is 14.3 Å². The van der Waals surface area contributed by atoms with Crippen molar-refractivity contribution in [3.8, 4) is 0 Å². The Labute approximate surface area is 107 Å². The van der Waals surface area contributed by atoms with Crippen LogP contribution in [0.5, 0.6) is 0 Å². The van der Waals surface area contributed by atoms with Gasteiger partial charge in [-0.3, -0.25) is 4.79 Å². The van der Waals surface area contributed by atoms with Crippen LogP contribution in [0.15, 0.2) is 30.3 Å². The molecule has 4 atom stereocenters. The fourth-order valence-corrected chi connectivity index (χ4v) is 2.94. The predicted molar refractivity (Wildman–Crippen MR) is 67.0 cm³/mol. The van der Waals surface area contributed by atoms with Crippen molar-refractivity contribution in [2.24, 2.45) is 5.92 Å². The van der Waals surface area contributed by atoms with E-state index >= 15 is 0 Å². The van der Waals surface area contributed by atoms with E-state index in [2.05, 4.69) is 0 Å². The highest BCUT2D eigenvalue weighted by molar-refractivity contribution is 5.74. The second-order valence-electron chi connectivity index (χ2n) is 5.21. The molecule has 3 nitrogen and oxygen atoms in total. The minimum absolute atomic E-state index is 0.0464. The van der Waals surface area contributed by atoms with Gasteiger partial charge >= 0.3 is 5.97 Å². The van der Waals surface area contributed by atoms with Gasteiger partial charge in [-0.25, -0.2) is 0 Å². The van der Waals surface area contributed by atoms with E-state index in [1.807, 2.05) is 37.3 Å². The van der Waals surface area contributed by atoms with Crippen LogP contribution in [0.4, 0.5) is 0 Å². The molecule has 0 aromatic heterocycles. The molecule has 96 valence electrons. The van der Waals surface area contributed by atoms with E-state index in [-0.39, 0.29) is 24.1 Å². The fourth-order valence-electron chi connectivity index (χ4n) is 2.94. The van der Waals surface area contributed by atoms with Gasteiger partial charge in [-0.2, -0.15) is 0 Å². The summed E-state index contributed by atoms with van der Waals surface area (Å²) in [6, 6.07) is 9.84. The molecule has 0 saturated carbocycles. The van der Waals surface area contributed by atoms with E-state index in [0.717, 1.165) is 24.8 Å². The van der Waals surface area contributed by atoms with Gasteiger partial charge in [0.1, 0.15) is 6.10 Å². The van der Waals surface area contributed by atoms with Crippen LogP contribution >= 0.6 is 0 Å². The Morgan fingerprint density at radius 2 is 2.11 bits per heavy atom. The van der Waals surface area contributed by atoms with Crippen molar-refractivity contribution in [3.05, 3.63) is 35.9 Å². The maximum Gasteiger partial charge on any atom is 0.312 e. The van der Waals surface area contributed by atoms with Gasteiger partial charge in [0, 0.05) is 0 Å². The number of ether oxygens (including phenoxy) is 2. The summed E-state index contributed by atoms with van der Waals surface area (Å²) in [4.78, 5) is 12.1. The van der Waals surface area contributed by atoms with Crippen LogP contribution in [0.2, 0.25) is 0 Å². The standard InChI is InChI=1S/C15H18O3/c1-10(11-5-3-2-4-6-11)17-15(16)13-9-12-7-8-14(13)18-12/h2-6,10,12-14H,7-9H2,1H3. The first-order valence-corrected chi connectivity index (χ1v) is 6.65. The predicted octanol–water partition coefficient (Wildman–Crippen LogP) is 2.86. The summed E-state index contributed by atoms with van der Waals surface area (Å²) in [5.74, 6) is -0.145. The average Bonchev–Trinajstić information content (AvgIpc) is 3.02. The van der Waals surface area contributed by atoms with Gasteiger partial charge in [0.25, 0.3) is 0 Å². The smallest absolute Gasteiger partial charge is 0.312 e. The number of esters is 1. The Hall–Kier alpha value is -1.35. The van der Waals surface area contributed by atoms with Crippen molar-refractivity contribution >= 4 is 5.97 Å². The Kier molecular flexibility index (Phi) is 3.08. The molecule has 2 fully saturated rings. The van der Waals surface area contributed by atoms with E-state index in [9.17, 15) is 4.79 Å². The SMILES string of the molecule is CC(OC(=O)C1CC2CCC1O2)c1ccccc1. The molecule has 2 aliphatic rings. The molecule has 0 aliphatic carbocycles. The molecule has 2 heterocycles. The lowest BCUT2D eigenvalue weighted by Crippen LogP contribution is -2.27. The zero-order chi connectivity index (χ0) is 12.5. The van der Waals surface area contributed by atoms with Gasteiger partial charge in [-0.05, 0) is 31.7 Å². The molecule has 2 aliphatic heterocycles. The molecule has 3 heteroatoms. The Bertz CT molecular complexity index is 429. The summed E-state index contributed by atoms with van der Waals surface area (Å²) in [6.07, 6.45) is 3.15. The second kappa shape index (κ2) is 4.73. The molecule has 4 unspecified atom stereocenters. The summed E-state index contributed by atoms with van der Waals surface area (Å²) < 4.78 is 11.2. The number of rotatable bonds is 3. The molecule has 0 radical (unpaired) electrons. The van der Waals surface area contributed by atoms with Gasteiger partial charge < -0.3 is 9.47 Å². The van der Waals surface area contributed by atoms with Crippen molar-refractivity contribution in [3.63, 3.8) is 0 Å². The van der Waals surface area contributed by atoms with Crippen molar-refractivity contribution in [2.45, 2.75) is 44.5 Å². The molecule has 2 saturated heterocycles. The number of benzene rings is 1. The summed E-state index contributed by atoms with van der Waals surface area (Å²) in [6.45, 7) is 1.92. The second-order valence-corrected chi connectivity index (χ2v) is 5.21. The number of fused-ring (bicyclic) bond motifs is 2. The lowest BCUT2D eigenvalue weighted by atomic mass is 9.89. The molecule has 1 aromatic carbocycles. The number of hydrogen-bond donors (Lipinski definition) is 0. The summed E-state index contributed by atoms with van der Waals surface area (Å²) in [7, 11) is 0. The highest BCUT2D eigenvalue weighted by atomic mass is 16.6. The molecule has 0 amide bonds. The maximum atomic E-state index is 12.1. The third-order valence-electron chi connectivity index (χ3n) is 3.97. The molecule has 18 heavy (non-hydrogen) atoms. The molecule has 2 bridgehead atoms. The first-order chi connectivity index (χ1) is 8.74. The third-order valence-corrected chi connectivity index (χ3v) is 3.97. The Balaban J connectivity index is 1.61. The number of carbonyl (C=O) groups excluding carboxylic acids is 1. The topological polar surface area (TPSA) is 35.5 Å². The summed E-state index contributed by atoms with van der Waals surface area (Å²) >= 11 is 0. The zero-order valence-corrected chi connectivity index (χ0v) is 10.5. The first kappa shape index (κ1) is 11.7. The normalized spacial score (nSPS) is 31.3. The molecular formula is C15H18O3. The van der Waals surface area contributed by atoms with Gasteiger partial charge in [-0.15, -0.1) is 0 Å². The Morgan fingerprint density at radius 3 is 2.72 bits per heavy atom. The van der Waals surface area contributed by atoms with Gasteiger partial charge in [0.2, 0.25) is 0 Å². The first-order valence-electron chi connectivity index (χ1n) is 6.65. The van der Waals surface area contributed by atoms with Crippen molar-refractivity contribution < 1.29 is 14.3 Å². The van der Waals surface area contributed by atoms with Crippen LogP contribution in [0.25, 0.3) is 0 Å². The van der Waals surface area contributed by atoms with Crippen LogP contribution in [-0.4, -0.2) is 18.2 Å². The largest absolute Gasteiger partial charge is 0.457 e. The summed E-state index contributed by atoms with van der Waals surface area (Å²) in [5, 5.41) is 0. The minimum atomic E-state index is -0.183. The molecule has 0 N–H and O–H groups in total. The fraction of sp³-hybridized carbons (Fsp3) is 0.533. The maximum absolute atomic E-state index is 12.1. The minimum Gasteiger partial charge on any atom is -0.457 e. The van der Waals surface area contributed by atoms with E-state index in [1.165, 1.54) is 0 Å². The van der Waals surface area contributed by atoms with Crippen LogP contribution in [0, 0.1) is 5.92 Å². The monoisotopic (exact) mass is 246 g/mol. The van der Waals surface area contributed by atoms with Gasteiger partial charge in [0.15, 0.2) is 0 Å². The number of carbonyl (C=O) groups is 1. The molecule has 3 rings (SSSR count). The summed E-state index contributed by atoms with van der Waals surface area (Å²) in [5.41, 5.74) is 1.04. The highest BCUT2D eigenvalue weighted by Gasteiger charge is 2.45. The van der Waals surface area contributed by atoms with Crippen LogP contribution < -0.4 is 0 Å². The average molecular weight is 246 g/mol. The number of hydrogen-bond acceptors (Lipinski definition) is 3. The van der Waals surface area contributed by atoms with Crippen LogP contribution in [0.3, 0.4) is 0 Å². The van der Waals surface area contributed by atoms with E-state index in [4.69, 9.17) is 9.47 Å². The van der Waals surface area contributed by atoms with E-state index < -0.39 is 0 Å². The van der Waals surface area contributed by atoms with E-state index in [0.29, 0.717) is 6.10 Å². The van der Waals surface area contributed by atoms with Crippen molar-refractivity contribution in [1.29, 1.82) is 0 Å². The van der Waals surface area contributed by atoms with Gasteiger partial charge in [0.05, 0.1) is 18.1 Å². The highest BCUT2D eigenvalue weighted by Crippen LogP contribution is 2.39. The Morgan fingerprint density at radius 1 is 1.33 bits per heavy atom. The lowest BCUT2D eigenvalue weighted by Gasteiger charge is -2.20. The molecular weight excluding hydrogens is 228 g/mol. The molecule has 1 aromatic rings. The zero-order valence-electron chi connectivity index (χ0n) is 10.5. The van der Waals surface area contributed by atoms with Gasteiger partial charge in [-0.1, -0.05) is 30.3 Å². The quantitative estimate of drug-likeness (QED) is 0.769. The third kappa shape index (κ3) is 2.15. The van der Waals surface area contributed by atoms with Crippen molar-refractivity contribution in [2.75, 3.05) is 0 Å². The van der Waals surface area contributed by atoms with Crippen molar-refractivity contribution in [1.82, 2.24) is 0 Å². The van der Waals surface area contributed by atoms with E-state index in [1.54, 1.807) is 0 Å². The lowest BCUT2D eigenvalue weighted by molar-refractivity contribution is -0.155.